The summed E-state index contributed by atoms with van der Waals surface area (Å²) >= 11 is 0. The van der Waals surface area contributed by atoms with Crippen LogP contribution in [0.1, 0.15) is 11.7 Å². The normalized spacial score (nSPS) is 12.8. The Kier molecular flexibility index (Phi) is 2.44. The van der Waals surface area contributed by atoms with E-state index in [4.69, 9.17) is 10.8 Å². The maximum Gasteiger partial charge on any atom is 0.242 e. The molecule has 0 bridgehead atoms. The first-order valence-corrected chi connectivity index (χ1v) is 3.55. The minimum absolute atomic E-state index is 0.300. The Balaban J connectivity index is 2.87. The zero-order valence-electron chi connectivity index (χ0n) is 6.77. The molecule has 0 radical (unpaired) electrons. The van der Waals surface area contributed by atoms with Crippen molar-refractivity contribution in [2.75, 3.05) is 6.61 Å². The predicted octanol–water partition coefficient (Wildman–Crippen LogP) is -0.790. The summed E-state index contributed by atoms with van der Waals surface area (Å²) in [6.07, 6.45) is 3.13. The number of hydrogen-bond acceptors (Lipinski definition) is 3. The van der Waals surface area contributed by atoms with Crippen molar-refractivity contribution in [2.24, 2.45) is 5.73 Å². The van der Waals surface area contributed by atoms with Crippen LogP contribution >= 0.6 is 0 Å². The predicted molar refractivity (Wildman–Crippen MR) is 42.3 cm³/mol. The van der Waals surface area contributed by atoms with Crippen LogP contribution in [0.5, 0.6) is 0 Å². The number of rotatable bonds is 3. The first-order valence-electron chi connectivity index (χ1n) is 3.55. The van der Waals surface area contributed by atoms with Crippen molar-refractivity contribution in [1.29, 1.82) is 0 Å². The van der Waals surface area contributed by atoms with Crippen molar-refractivity contribution >= 4 is 5.91 Å². The van der Waals surface area contributed by atoms with Gasteiger partial charge in [-0.1, -0.05) is 0 Å². The van der Waals surface area contributed by atoms with Crippen LogP contribution in [0, 0.1) is 6.92 Å². The second-order valence-electron chi connectivity index (χ2n) is 2.56. The Morgan fingerprint density at radius 1 is 1.92 bits per heavy atom. The molecular formula is C7H11N3O2. The second kappa shape index (κ2) is 3.36. The van der Waals surface area contributed by atoms with E-state index in [1.807, 2.05) is 0 Å². The topological polar surface area (TPSA) is 81.1 Å². The molecule has 1 aromatic rings. The molecule has 0 aliphatic heterocycles. The average molecular weight is 169 g/mol. The van der Waals surface area contributed by atoms with E-state index in [9.17, 15) is 4.79 Å². The van der Waals surface area contributed by atoms with Crippen LogP contribution in [0.3, 0.4) is 0 Å². The molecule has 1 amide bonds. The molecular weight excluding hydrogens is 158 g/mol. The number of aryl methyl sites for hydroxylation is 1. The first kappa shape index (κ1) is 8.73. The summed E-state index contributed by atoms with van der Waals surface area (Å²) in [7, 11) is 0. The molecule has 0 aliphatic carbocycles. The number of hydrogen-bond donors (Lipinski definition) is 2. The molecule has 0 spiro atoms. The number of aliphatic hydroxyl groups excluding tert-OH is 1. The summed E-state index contributed by atoms with van der Waals surface area (Å²) in [5.74, 6) is -0.560. The molecule has 12 heavy (non-hydrogen) atoms. The summed E-state index contributed by atoms with van der Waals surface area (Å²) in [6, 6.07) is -0.703. The van der Waals surface area contributed by atoms with Crippen molar-refractivity contribution in [3.63, 3.8) is 0 Å². The SMILES string of the molecule is Cc1cn(C(CO)C(N)=O)cn1. The molecule has 5 heteroatoms. The summed E-state index contributed by atoms with van der Waals surface area (Å²) in [6.45, 7) is 1.50. The Hall–Kier alpha value is -1.36. The number of nitrogens with zero attached hydrogens (tertiary/aromatic N) is 2. The quantitative estimate of drug-likeness (QED) is 0.622. The standard InChI is InChI=1S/C7H11N3O2/c1-5-2-10(4-9-5)6(3-11)7(8)12/h2,4,6,11H,3H2,1H3,(H2,8,12). The maximum atomic E-state index is 10.8. The smallest absolute Gasteiger partial charge is 0.242 e. The number of aromatic nitrogens is 2. The van der Waals surface area contributed by atoms with Gasteiger partial charge in [-0.05, 0) is 6.92 Å². The Labute approximate surface area is 69.8 Å². The molecule has 0 saturated carbocycles. The minimum Gasteiger partial charge on any atom is -0.394 e. The highest BCUT2D eigenvalue weighted by Crippen LogP contribution is 2.05. The van der Waals surface area contributed by atoms with Gasteiger partial charge in [0.15, 0.2) is 0 Å². The number of primary amides is 1. The lowest BCUT2D eigenvalue weighted by molar-refractivity contribution is -0.122. The molecule has 1 rings (SSSR count). The Morgan fingerprint density at radius 3 is 2.92 bits per heavy atom. The highest BCUT2D eigenvalue weighted by molar-refractivity contribution is 5.78. The van der Waals surface area contributed by atoms with E-state index in [-0.39, 0.29) is 6.61 Å². The zero-order valence-corrected chi connectivity index (χ0v) is 6.77. The van der Waals surface area contributed by atoms with Gasteiger partial charge in [-0.15, -0.1) is 0 Å². The molecule has 0 aliphatic rings. The number of carbonyl (C=O) groups is 1. The van der Waals surface area contributed by atoms with Crippen LogP contribution in [-0.2, 0) is 4.79 Å². The molecule has 66 valence electrons. The van der Waals surface area contributed by atoms with Crippen LogP contribution in [0.4, 0.5) is 0 Å². The number of nitrogens with two attached hydrogens (primary N) is 1. The molecule has 0 fully saturated rings. The number of amides is 1. The summed E-state index contributed by atoms with van der Waals surface area (Å²) in [5.41, 5.74) is 5.83. The fraction of sp³-hybridized carbons (Fsp3) is 0.429. The largest absolute Gasteiger partial charge is 0.394 e. The minimum atomic E-state index is -0.703. The van der Waals surface area contributed by atoms with E-state index in [1.165, 1.54) is 10.9 Å². The zero-order chi connectivity index (χ0) is 9.14. The van der Waals surface area contributed by atoms with E-state index >= 15 is 0 Å². The van der Waals surface area contributed by atoms with Crippen LogP contribution in [-0.4, -0.2) is 27.2 Å². The van der Waals surface area contributed by atoms with Gasteiger partial charge in [-0.25, -0.2) is 4.98 Å². The monoisotopic (exact) mass is 169 g/mol. The van der Waals surface area contributed by atoms with Gasteiger partial charge < -0.3 is 15.4 Å². The molecule has 1 aromatic heterocycles. The third-order valence-electron chi connectivity index (χ3n) is 1.59. The van der Waals surface area contributed by atoms with Crippen molar-refractivity contribution in [2.45, 2.75) is 13.0 Å². The molecule has 1 unspecified atom stereocenters. The van der Waals surface area contributed by atoms with Gasteiger partial charge in [0.1, 0.15) is 6.04 Å². The highest BCUT2D eigenvalue weighted by Gasteiger charge is 2.15. The lowest BCUT2D eigenvalue weighted by Crippen LogP contribution is -2.28. The molecule has 1 atom stereocenters. The van der Waals surface area contributed by atoms with E-state index in [1.54, 1.807) is 13.1 Å². The van der Waals surface area contributed by atoms with Gasteiger partial charge in [0, 0.05) is 6.20 Å². The van der Waals surface area contributed by atoms with Gasteiger partial charge in [-0.3, -0.25) is 4.79 Å². The van der Waals surface area contributed by atoms with Crippen molar-refractivity contribution < 1.29 is 9.90 Å². The average Bonchev–Trinajstić information content (AvgIpc) is 2.37. The third kappa shape index (κ3) is 1.62. The maximum absolute atomic E-state index is 10.8. The summed E-state index contributed by atoms with van der Waals surface area (Å²) in [5, 5.41) is 8.81. The van der Waals surface area contributed by atoms with E-state index < -0.39 is 11.9 Å². The third-order valence-corrected chi connectivity index (χ3v) is 1.59. The lowest BCUT2D eigenvalue weighted by Gasteiger charge is -2.10. The van der Waals surface area contributed by atoms with Crippen molar-refractivity contribution in [1.82, 2.24) is 9.55 Å². The van der Waals surface area contributed by atoms with Gasteiger partial charge >= 0.3 is 0 Å². The fourth-order valence-electron chi connectivity index (χ4n) is 0.942. The van der Waals surface area contributed by atoms with Gasteiger partial charge in [0.2, 0.25) is 5.91 Å². The Morgan fingerprint density at radius 2 is 2.58 bits per heavy atom. The first-order chi connectivity index (χ1) is 5.65. The van der Waals surface area contributed by atoms with Gasteiger partial charge in [0.05, 0.1) is 18.6 Å². The highest BCUT2D eigenvalue weighted by atomic mass is 16.3. The lowest BCUT2D eigenvalue weighted by atomic mass is 10.3. The molecule has 5 nitrogen and oxygen atoms in total. The van der Waals surface area contributed by atoms with Gasteiger partial charge in [-0.2, -0.15) is 0 Å². The van der Waals surface area contributed by atoms with Crippen LogP contribution in [0.2, 0.25) is 0 Å². The van der Waals surface area contributed by atoms with Crippen molar-refractivity contribution in [3.05, 3.63) is 18.2 Å². The van der Waals surface area contributed by atoms with Gasteiger partial charge in [0.25, 0.3) is 0 Å². The van der Waals surface area contributed by atoms with Crippen LogP contribution in [0.25, 0.3) is 0 Å². The summed E-state index contributed by atoms with van der Waals surface area (Å²) in [4.78, 5) is 14.7. The van der Waals surface area contributed by atoms with Crippen LogP contribution in [0.15, 0.2) is 12.5 Å². The van der Waals surface area contributed by atoms with E-state index in [0.717, 1.165) is 5.69 Å². The number of aliphatic hydroxyl groups is 1. The van der Waals surface area contributed by atoms with E-state index in [0.29, 0.717) is 0 Å². The summed E-state index contributed by atoms with van der Waals surface area (Å²) < 4.78 is 1.50. The van der Waals surface area contributed by atoms with Crippen molar-refractivity contribution in [3.8, 4) is 0 Å². The number of carbonyl (C=O) groups excluding carboxylic acids is 1. The molecule has 3 N–H and O–H groups in total. The van der Waals surface area contributed by atoms with Crippen LogP contribution < -0.4 is 5.73 Å². The second-order valence-corrected chi connectivity index (χ2v) is 2.56. The molecule has 1 heterocycles. The Bertz CT molecular complexity index is 282. The number of imidazole rings is 1. The molecule has 0 saturated heterocycles. The molecule has 0 aromatic carbocycles. The fourth-order valence-corrected chi connectivity index (χ4v) is 0.942. The van der Waals surface area contributed by atoms with E-state index in [2.05, 4.69) is 4.98 Å².